The average Bonchev–Trinajstić information content (AvgIpc) is 3.03. The molecule has 0 aliphatic rings. The summed E-state index contributed by atoms with van der Waals surface area (Å²) < 4.78 is 67.5. The zero-order valence-corrected chi connectivity index (χ0v) is 23.1. The third-order valence-electron chi connectivity index (χ3n) is 2.41. The Balaban J connectivity index is -0.0000000396. The van der Waals surface area contributed by atoms with E-state index in [2.05, 4.69) is 95.2 Å². The Morgan fingerprint density at radius 1 is 0.571 bits per heavy atom. The molecule has 0 fully saturated rings. The molecule has 2 aromatic carbocycles. The number of benzene rings is 2. The van der Waals surface area contributed by atoms with Crippen molar-refractivity contribution < 1.29 is 80.5 Å². The molecule has 0 bridgehead atoms. The van der Waals surface area contributed by atoms with Crippen LogP contribution in [0.1, 0.15) is 0 Å². The summed E-state index contributed by atoms with van der Waals surface area (Å²) in [6.45, 7) is 40.5. The summed E-state index contributed by atoms with van der Waals surface area (Å²) in [6.07, 6.45) is 1.82. The second-order valence-electron chi connectivity index (χ2n) is 3.28. The Morgan fingerprint density at radius 2 is 0.914 bits per heavy atom. The van der Waals surface area contributed by atoms with Crippen LogP contribution in [0.15, 0.2) is 48.7 Å². The summed E-state index contributed by atoms with van der Waals surface area (Å²) in [7, 11) is 4.69. The molecule has 1 radical (unpaired) electrons. The fourth-order valence-corrected chi connectivity index (χ4v) is 1.73. The maximum absolute atomic E-state index is 7.50. The number of aromatic nitrogens is 1. The fourth-order valence-electron chi connectivity index (χ4n) is 1.73. The minimum absolute atomic E-state index is 0. The summed E-state index contributed by atoms with van der Waals surface area (Å²) in [4.78, 5) is 4.38. The van der Waals surface area contributed by atoms with Gasteiger partial charge in [-0.15, -0.1) is 35.0 Å². The smallest absolute Gasteiger partial charge is 0.0161 e. The van der Waals surface area contributed by atoms with E-state index in [4.69, 9.17) is 51.4 Å². The summed E-state index contributed by atoms with van der Waals surface area (Å²) >= 11 is 1.19. The second-order valence-corrected chi connectivity index (χ2v) is 3.28. The van der Waals surface area contributed by atoms with Gasteiger partial charge in [0.05, 0.1) is 0 Å². The van der Waals surface area contributed by atoms with Crippen molar-refractivity contribution in [3.63, 3.8) is 0 Å². The minimum atomic E-state index is 0. The standard InChI is InChI=1S/C13H8N.9CO.ClH.2Re/c1-2-6-12-10(4-1)7-8-11-5-3-9-14-13(11)12;9*1-2;;;/h1-5,7-9H;;;;;;;;;;1H;;/q-1;;;;;;;;;;;;+1/p-1. The van der Waals surface area contributed by atoms with Gasteiger partial charge in [-0.05, 0) is 17.0 Å². The van der Waals surface area contributed by atoms with Crippen LogP contribution in [-0.2, 0) is 80.5 Å². The molecule has 13 heteroatoms. The van der Waals surface area contributed by atoms with Crippen LogP contribution in [0.3, 0.4) is 0 Å². The topological polar surface area (TPSA) is 192 Å². The Morgan fingerprint density at radius 3 is 1.31 bits per heavy atom. The average molecular weight is 838 g/mol. The van der Waals surface area contributed by atoms with Gasteiger partial charge in [0.2, 0.25) is 0 Å². The van der Waals surface area contributed by atoms with Gasteiger partial charge in [0.15, 0.2) is 0 Å². The van der Waals surface area contributed by atoms with Gasteiger partial charge in [-0.2, -0.15) is 0 Å². The Bertz CT molecular complexity index is 869. The normalized spacial score (nSPS) is 5.03. The number of pyridine rings is 1. The quantitative estimate of drug-likeness (QED) is 0.187. The van der Waals surface area contributed by atoms with E-state index in [0.717, 1.165) is 10.9 Å². The van der Waals surface area contributed by atoms with Crippen LogP contribution in [0.5, 0.6) is 0 Å². The number of rotatable bonds is 0. The minimum Gasteiger partial charge on any atom is -0.304 e. The van der Waals surface area contributed by atoms with E-state index in [-0.39, 0.29) is 20.4 Å². The zero-order valence-electron chi connectivity index (χ0n) is 16.9. The maximum atomic E-state index is 7.50. The monoisotopic (exact) mass is 839 g/mol. The molecule has 1 heterocycles. The zero-order chi connectivity index (χ0) is 29.4. The largest absolute Gasteiger partial charge is 0.304 e. The number of fused-ring (bicyclic) bond motifs is 3. The summed E-state index contributed by atoms with van der Waals surface area (Å²) in [5.41, 5.74) is 1.03. The van der Waals surface area contributed by atoms with Crippen LogP contribution in [0.25, 0.3) is 21.7 Å². The van der Waals surface area contributed by atoms with Crippen molar-refractivity contribution in [2.75, 3.05) is 0 Å². The van der Waals surface area contributed by atoms with Gasteiger partial charge in [-0.1, -0.05) is 18.2 Å². The van der Waals surface area contributed by atoms with Crippen LogP contribution >= 0.6 is 9.53 Å². The number of nitrogens with zero attached hydrogens (tertiary/aromatic N) is 1. The van der Waals surface area contributed by atoms with Gasteiger partial charge < -0.3 is 4.98 Å². The summed E-state index contributed by atoms with van der Waals surface area (Å²) in [5.74, 6) is 0. The molecule has 0 atom stereocenters. The first-order valence-corrected chi connectivity index (χ1v) is 9.94. The van der Waals surface area contributed by atoms with Crippen LogP contribution in [0.2, 0.25) is 0 Å². The molecule has 0 amide bonds. The third kappa shape index (κ3) is 33.6. The predicted molar refractivity (Wildman–Crippen MR) is 99.3 cm³/mol. The second kappa shape index (κ2) is 77.1. The molecule has 177 valence electrons. The van der Waals surface area contributed by atoms with Crippen LogP contribution in [-0.4, -0.2) is 4.98 Å². The van der Waals surface area contributed by atoms with Gasteiger partial charge in [0, 0.05) is 26.6 Å². The van der Waals surface area contributed by atoms with E-state index in [1.165, 1.54) is 29.0 Å². The van der Waals surface area contributed by atoms with Gasteiger partial charge >= 0.3 is 129 Å². The fraction of sp³-hybridized carbons (Fsp3) is 0. The molecular formula is C22H8ClNO9Re2-. The summed E-state index contributed by atoms with van der Waals surface area (Å²) in [6, 6.07) is 17.5. The van der Waals surface area contributed by atoms with Crippen molar-refractivity contribution in [1.29, 1.82) is 0 Å². The number of hydrogen-bond acceptors (Lipinski definition) is 1. The molecular weight excluding hydrogens is 830 g/mol. The molecule has 35 heavy (non-hydrogen) atoms. The van der Waals surface area contributed by atoms with Crippen LogP contribution in [0, 0.1) is 65.9 Å². The molecule has 0 spiro atoms. The van der Waals surface area contributed by atoms with Gasteiger partial charge in [0.1, 0.15) is 0 Å². The Labute approximate surface area is 230 Å². The van der Waals surface area contributed by atoms with E-state index >= 15 is 0 Å². The van der Waals surface area contributed by atoms with E-state index < -0.39 is 0 Å². The van der Waals surface area contributed by atoms with Crippen molar-refractivity contribution in [3.8, 4) is 0 Å². The van der Waals surface area contributed by atoms with Gasteiger partial charge in [0.25, 0.3) is 0 Å². The third-order valence-corrected chi connectivity index (χ3v) is 2.41. The number of hydrogen-bond donors (Lipinski definition) is 0. The molecule has 3 aromatic rings. The molecule has 0 aliphatic heterocycles. The number of halogens is 1. The van der Waals surface area contributed by atoms with Crippen molar-refractivity contribution in [2.45, 2.75) is 0 Å². The molecule has 3 rings (SSSR count). The van der Waals surface area contributed by atoms with Gasteiger partial charge in [-0.3, -0.25) is 0 Å². The Hall–Kier alpha value is -2.62. The molecule has 0 unspecified atom stereocenters. The Kier molecular flexibility index (Phi) is 129. The van der Waals surface area contributed by atoms with Crippen molar-refractivity contribution in [3.05, 3.63) is 115 Å². The van der Waals surface area contributed by atoms with E-state index in [9.17, 15) is 0 Å². The molecule has 0 N–H and O–H groups in total. The SMILES string of the molecule is [C-]#[O+].[C-]#[O+].[C-]#[O+].[C-]#[O+].[C-]#[O+].[C-]#[O+].[C-]#[O+].[C-]#[O+].[C-]#[O+].[Cl][Re].[Re].[c-]1cccc2ccc3cccnc3c12. The molecule has 0 aliphatic carbocycles. The van der Waals surface area contributed by atoms with E-state index in [1.807, 2.05) is 24.4 Å². The van der Waals surface area contributed by atoms with Crippen molar-refractivity contribution in [2.24, 2.45) is 0 Å². The molecule has 10 nitrogen and oxygen atoms in total. The van der Waals surface area contributed by atoms with Crippen molar-refractivity contribution in [1.82, 2.24) is 4.98 Å². The summed E-state index contributed by atoms with van der Waals surface area (Å²) in [5, 5.41) is 3.46. The van der Waals surface area contributed by atoms with Crippen LogP contribution in [0.4, 0.5) is 0 Å². The first kappa shape index (κ1) is 58.3. The van der Waals surface area contributed by atoms with E-state index in [1.54, 1.807) is 0 Å². The first-order chi connectivity index (χ1) is 16.9. The van der Waals surface area contributed by atoms with E-state index in [0.29, 0.717) is 0 Å². The maximum Gasteiger partial charge on any atom is 0.0161 e. The molecule has 1 aromatic heterocycles. The van der Waals surface area contributed by atoms with Crippen molar-refractivity contribution >= 4 is 31.2 Å². The first-order valence-electron chi connectivity index (χ1n) is 6.57. The predicted octanol–water partition coefficient (Wildman–Crippen LogP) is 3.54. The molecule has 0 saturated heterocycles. The van der Waals surface area contributed by atoms with Crippen LogP contribution < -0.4 is 0 Å². The molecule has 0 saturated carbocycles. The van der Waals surface area contributed by atoms with Gasteiger partial charge in [-0.25, -0.2) is 0 Å².